The molecule has 8 heteroatoms. The number of carbonyl (C=O) groups excluding carboxylic acids is 1. The maximum atomic E-state index is 14.0. The van der Waals surface area contributed by atoms with Gasteiger partial charge in [-0.25, -0.2) is 13.5 Å². The van der Waals surface area contributed by atoms with Crippen LogP contribution < -0.4 is 0 Å². The molecule has 3 heterocycles. The number of amides is 1. The van der Waals surface area contributed by atoms with Crippen molar-refractivity contribution in [3.8, 4) is 5.69 Å². The lowest BCUT2D eigenvalue weighted by Crippen LogP contribution is -2.59. The van der Waals surface area contributed by atoms with Gasteiger partial charge >= 0.3 is 0 Å². The van der Waals surface area contributed by atoms with Gasteiger partial charge in [0.15, 0.2) is 17.3 Å². The Kier molecular flexibility index (Phi) is 4.24. The molecule has 1 aromatic heterocycles. The first-order valence-corrected chi connectivity index (χ1v) is 8.50. The smallest absolute Gasteiger partial charge is 0.275 e. The van der Waals surface area contributed by atoms with Gasteiger partial charge in [-0.05, 0) is 25.5 Å². The average Bonchev–Trinajstić information content (AvgIpc) is 3.22. The minimum Gasteiger partial charge on any atom is -0.379 e. The highest BCUT2D eigenvalue weighted by molar-refractivity contribution is 5.94. The van der Waals surface area contributed by atoms with Crippen molar-refractivity contribution in [3.63, 3.8) is 0 Å². The van der Waals surface area contributed by atoms with Gasteiger partial charge in [0, 0.05) is 24.9 Å². The second kappa shape index (κ2) is 6.44. The number of rotatable bonds is 2. The zero-order valence-corrected chi connectivity index (χ0v) is 14.4. The number of para-hydroxylation sites is 1. The first-order chi connectivity index (χ1) is 12.5. The molecule has 0 aliphatic carbocycles. The van der Waals surface area contributed by atoms with E-state index in [2.05, 4.69) is 5.10 Å². The molecule has 0 saturated carbocycles. The standard InChI is InChI=1S/C18H19F2N3O3/c1-12-9-23(16-13(19)3-2-4-14(16)20)21-15(12)17(24)22-6-8-26-11-18(22)5-7-25-10-18/h2-4,9H,5-8,10-11H2,1H3. The molecular formula is C18H19F2N3O3. The van der Waals surface area contributed by atoms with Crippen molar-refractivity contribution in [2.75, 3.05) is 33.0 Å². The molecule has 4 rings (SSSR count). The number of morpholine rings is 1. The molecule has 0 radical (unpaired) electrons. The summed E-state index contributed by atoms with van der Waals surface area (Å²) in [6.45, 7) is 3.98. The van der Waals surface area contributed by atoms with Crippen LogP contribution in [-0.4, -0.2) is 59.1 Å². The second-order valence-corrected chi connectivity index (χ2v) is 6.71. The number of benzene rings is 1. The summed E-state index contributed by atoms with van der Waals surface area (Å²) in [6.07, 6.45) is 2.16. The fraction of sp³-hybridized carbons (Fsp3) is 0.444. The largest absolute Gasteiger partial charge is 0.379 e. The molecule has 6 nitrogen and oxygen atoms in total. The summed E-state index contributed by atoms with van der Waals surface area (Å²) < 4.78 is 40.2. The Labute approximate surface area is 149 Å². The van der Waals surface area contributed by atoms with Gasteiger partial charge in [0.2, 0.25) is 0 Å². The number of aromatic nitrogens is 2. The molecule has 1 amide bonds. The predicted octanol–water partition coefficient (Wildman–Crippen LogP) is 2.09. The van der Waals surface area contributed by atoms with Crippen LogP contribution in [0.25, 0.3) is 5.69 Å². The lowest BCUT2D eigenvalue weighted by molar-refractivity contribution is -0.0553. The van der Waals surface area contributed by atoms with Crippen LogP contribution in [0.2, 0.25) is 0 Å². The summed E-state index contributed by atoms with van der Waals surface area (Å²) in [5.74, 6) is -1.75. The third-order valence-corrected chi connectivity index (χ3v) is 5.00. The summed E-state index contributed by atoms with van der Waals surface area (Å²) in [7, 11) is 0. The minimum atomic E-state index is -0.737. The van der Waals surface area contributed by atoms with E-state index in [1.165, 1.54) is 12.3 Å². The summed E-state index contributed by atoms with van der Waals surface area (Å²) in [4.78, 5) is 14.9. The molecular weight excluding hydrogens is 344 g/mol. The molecule has 2 aliphatic rings. The summed E-state index contributed by atoms with van der Waals surface area (Å²) in [5.41, 5.74) is -0.0518. The van der Waals surface area contributed by atoms with Crippen molar-refractivity contribution in [2.24, 2.45) is 0 Å². The number of hydrogen-bond acceptors (Lipinski definition) is 4. The maximum absolute atomic E-state index is 14.0. The zero-order valence-electron chi connectivity index (χ0n) is 14.4. The number of carbonyl (C=O) groups is 1. The van der Waals surface area contributed by atoms with Crippen molar-refractivity contribution in [1.29, 1.82) is 0 Å². The van der Waals surface area contributed by atoms with Crippen molar-refractivity contribution >= 4 is 5.91 Å². The molecule has 2 aromatic rings. The molecule has 0 bridgehead atoms. The van der Waals surface area contributed by atoms with Gasteiger partial charge in [0.05, 0.1) is 25.4 Å². The van der Waals surface area contributed by atoms with E-state index in [1.807, 2.05) is 0 Å². The first-order valence-electron chi connectivity index (χ1n) is 8.50. The Hall–Kier alpha value is -2.32. The molecule has 2 aliphatic heterocycles. The fourth-order valence-corrected chi connectivity index (χ4v) is 3.59. The third-order valence-electron chi connectivity index (χ3n) is 5.00. The van der Waals surface area contributed by atoms with Gasteiger partial charge in [0.25, 0.3) is 5.91 Å². The molecule has 26 heavy (non-hydrogen) atoms. The molecule has 2 saturated heterocycles. The molecule has 0 N–H and O–H groups in total. The quantitative estimate of drug-likeness (QED) is 0.820. The van der Waals surface area contributed by atoms with Crippen LogP contribution in [0.5, 0.6) is 0 Å². The number of nitrogens with zero attached hydrogens (tertiary/aromatic N) is 3. The van der Waals surface area contributed by atoms with Crippen LogP contribution in [0.3, 0.4) is 0 Å². The van der Waals surface area contributed by atoms with Gasteiger partial charge in [-0.1, -0.05) is 6.07 Å². The lowest BCUT2D eigenvalue weighted by Gasteiger charge is -2.43. The molecule has 1 unspecified atom stereocenters. The highest BCUT2D eigenvalue weighted by atomic mass is 19.1. The first kappa shape index (κ1) is 17.1. The van der Waals surface area contributed by atoms with Gasteiger partial charge < -0.3 is 14.4 Å². The van der Waals surface area contributed by atoms with E-state index in [0.717, 1.165) is 16.8 Å². The molecule has 2 fully saturated rings. The van der Waals surface area contributed by atoms with Gasteiger partial charge in [-0.3, -0.25) is 4.79 Å². The van der Waals surface area contributed by atoms with Crippen LogP contribution >= 0.6 is 0 Å². The topological polar surface area (TPSA) is 56.6 Å². The van der Waals surface area contributed by atoms with Crippen LogP contribution in [0, 0.1) is 18.6 Å². The predicted molar refractivity (Wildman–Crippen MR) is 88.2 cm³/mol. The SMILES string of the molecule is Cc1cn(-c2c(F)cccc2F)nc1C(=O)N1CCOCC12CCOC2. The van der Waals surface area contributed by atoms with E-state index in [-0.39, 0.29) is 17.3 Å². The lowest BCUT2D eigenvalue weighted by atomic mass is 9.95. The Morgan fingerprint density at radius 3 is 2.58 bits per heavy atom. The summed E-state index contributed by atoms with van der Waals surface area (Å²) in [6, 6.07) is 3.60. The minimum absolute atomic E-state index is 0.181. The molecule has 1 aromatic carbocycles. The number of halogens is 2. The Morgan fingerprint density at radius 1 is 1.19 bits per heavy atom. The Morgan fingerprint density at radius 2 is 1.88 bits per heavy atom. The van der Waals surface area contributed by atoms with E-state index < -0.39 is 17.2 Å². The monoisotopic (exact) mass is 363 g/mol. The van der Waals surface area contributed by atoms with Crippen molar-refractivity contribution in [1.82, 2.24) is 14.7 Å². The second-order valence-electron chi connectivity index (χ2n) is 6.71. The van der Waals surface area contributed by atoms with E-state index in [0.29, 0.717) is 45.0 Å². The fourth-order valence-electron chi connectivity index (χ4n) is 3.59. The van der Waals surface area contributed by atoms with Crippen molar-refractivity contribution in [3.05, 3.63) is 47.3 Å². The average molecular weight is 363 g/mol. The molecule has 1 atom stereocenters. The van der Waals surface area contributed by atoms with Crippen LogP contribution in [-0.2, 0) is 9.47 Å². The highest BCUT2D eigenvalue weighted by Crippen LogP contribution is 2.31. The van der Waals surface area contributed by atoms with Crippen molar-refractivity contribution in [2.45, 2.75) is 18.9 Å². The van der Waals surface area contributed by atoms with Gasteiger partial charge in [0.1, 0.15) is 5.69 Å². The Balaban J connectivity index is 1.70. The molecule has 1 spiro atoms. The van der Waals surface area contributed by atoms with Crippen LogP contribution in [0.1, 0.15) is 22.5 Å². The van der Waals surface area contributed by atoms with Gasteiger partial charge in [-0.15, -0.1) is 0 Å². The number of aryl methyl sites for hydroxylation is 1. The van der Waals surface area contributed by atoms with E-state index in [9.17, 15) is 13.6 Å². The Bertz CT molecular complexity index is 826. The summed E-state index contributed by atoms with van der Waals surface area (Å²) in [5, 5.41) is 4.20. The number of hydrogen-bond donors (Lipinski definition) is 0. The third kappa shape index (κ3) is 2.69. The van der Waals surface area contributed by atoms with Gasteiger partial charge in [-0.2, -0.15) is 5.10 Å². The number of ether oxygens (including phenoxy) is 2. The van der Waals surface area contributed by atoms with Crippen molar-refractivity contribution < 1.29 is 23.0 Å². The normalized spacial score (nSPS) is 23.0. The highest BCUT2D eigenvalue weighted by Gasteiger charge is 2.46. The molecule has 138 valence electrons. The van der Waals surface area contributed by atoms with E-state index in [4.69, 9.17) is 9.47 Å². The van der Waals surface area contributed by atoms with E-state index in [1.54, 1.807) is 11.8 Å². The zero-order chi connectivity index (χ0) is 18.3. The van der Waals surface area contributed by atoms with Crippen LogP contribution in [0.4, 0.5) is 8.78 Å². The summed E-state index contributed by atoms with van der Waals surface area (Å²) >= 11 is 0. The maximum Gasteiger partial charge on any atom is 0.275 e. The van der Waals surface area contributed by atoms with E-state index >= 15 is 0 Å². The van der Waals surface area contributed by atoms with Crippen LogP contribution in [0.15, 0.2) is 24.4 Å².